The lowest BCUT2D eigenvalue weighted by molar-refractivity contribution is -0.128. The second-order valence-electron chi connectivity index (χ2n) is 6.80. The van der Waals surface area contributed by atoms with Crippen molar-refractivity contribution in [2.24, 2.45) is 4.99 Å². The first-order chi connectivity index (χ1) is 14.0. The van der Waals surface area contributed by atoms with Crippen molar-refractivity contribution in [3.8, 4) is 5.75 Å². The molecule has 0 bridgehead atoms. The molecular formula is C22H32IN5O2. The molecule has 7 nitrogen and oxygen atoms in total. The van der Waals surface area contributed by atoms with Crippen LogP contribution in [0.3, 0.4) is 0 Å². The van der Waals surface area contributed by atoms with Crippen LogP contribution in [0, 0.1) is 6.92 Å². The van der Waals surface area contributed by atoms with Crippen LogP contribution in [0.5, 0.6) is 5.75 Å². The largest absolute Gasteiger partial charge is 0.496 e. The summed E-state index contributed by atoms with van der Waals surface area (Å²) >= 11 is 0. The number of aryl methyl sites for hydroxylation is 1. The number of hydrogen-bond acceptors (Lipinski definition) is 4. The number of likely N-dealkylation sites (N-methyl/N-ethyl adjacent to an activating group) is 1. The molecule has 0 fully saturated rings. The van der Waals surface area contributed by atoms with E-state index in [0.717, 1.165) is 29.8 Å². The van der Waals surface area contributed by atoms with E-state index in [2.05, 4.69) is 33.6 Å². The molecule has 0 saturated carbocycles. The van der Waals surface area contributed by atoms with Gasteiger partial charge in [-0.15, -0.1) is 24.0 Å². The second kappa shape index (κ2) is 13.8. The summed E-state index contributed by atoms with van der Waals surface area (Å²) in [4.78, 5) is 22.5. The van der Waals surface area contributed by atoms with Crippen LogP contribution in [-0.2, 0) is 17.6 Å². The van der Waals surface area contributed by atoms with Gasteiger partial charge >= 0.3 is 0 Å². The van der Waals surface area contributed by atoms with Crippen LogP contribution in [0.4, 0.5) is 0 Å². The van der Waals surface area contributed by atoms with Crippen LogP contribution in [0.25, 0.3) is 0 Å². The average Bonchev–Trinajstić information content (AvgIpc) is 2.75. The summed E-state index contributed by atoms with van der Waals surface area (Å²) in [5.41, 5.74) is 3.31. The summed E-state index contributed by atoms with van der Waals surface area (Å²) < 4.78 is 5.42. The fourth-order valence-electron chi connectivity index (χ4n) is 2.89. The number of hydrogen-bond donors (Lipinski definition) is 2. The molecule has 0 spiro atoms. The maximum Gasteiger partial charge on any atom is 0.241 e. The zero-order valence-corrected chi connectivity index (χ0v) is 20.5. The minimum atomic E-state index is 0. The third-order valence-electron chi connectivity index (χ3n) is 4.61. The number of amides is 1. The first kappa shape index (κ1) is 25.7. The monoisotopic (exact) mass is 525 g/mol. The van der Waals surface area contributed by atoms with Gasteiger partial charge in [0.15, 0.2) is 5.96 Å². The Balaban J connectivity index is 0.00000450. The summed E-state index contributed by atoms with van der Waals surface area (Å²) in [5.74, 6) is 1.48. The topological polar surface area (TPSA) is 78.9 Å². The molecule has 8 heteroatoms. The van der Waals surface area contributed by atoms with Crippen molar-refractivity contribution in [2.75, 3.05) is 40.8 Å². The van der Waals surface area contributed by atoms with E-state index < -0.39 is 0 Å². The fraction of sp³-hybridized carbons (Fsp3) is 0.409. The summed E-state index contributed by atoms with van der Waals surface area (Å²) in [7, 11) is 5.17. The van der Waals surface area contributed by atoms with Crippen molar-refractivity contribution in [3.63, 3.8) is 0 Å². The minimum absolute atomic E-state index is 0. The number of carbonyl (C=O) groups excluding carboxylic acids is 1. The molecule has 1 aromatic heterocycles. The number of rotatable bonds is 9. The lowest BCUT2D eigenvalue weighted by atomic mass is 10.1. The first-order valence-corrected chi connectivity index (χ1v) is 9.75. The predicted octanol–water partition coefficient (Wildman–Crippen LogP) is 2.43. The normalized spacial score (nSPS) is 10.7. The Morgan fingerprint density at radius 1 is 1.20 bits per heavy atom. The van der Waals surface area contributed by atoms with Crippen molar-refractivity contribution < 1.29 is 9.53 Å². The second-order valence-corrected chi connectivity index (χ2v) is 6.80. The summed E-state index contributed by atoms with van der Waals surface area (Å²) in [6, 6.07) is 11.9. The molecule has 164 valence electrons. The highest BCUT2D eigenvalue weighted by atomic mass is 127. The molecule has 0 aliphatic rings. The third-order valence-corrected chi connectivity index (χ3v) is 4.61. The predicted molar refractivity (Wildman–Crippen MR) is 132 cm³/mol. The van der Waals surface area contributed by atoms with Gasteiger partial charge in [-0.3, -0.25) is 14.8 Å². The van der Waals surface area contributed by atoms with Crippen molar-refractivity contribution in [1.29, 1.82) is 0 Å². The van der Waals surface area contributed by atoms with E-state index in [4.69, 9.17) is 4.74 Å². The lowest BCUT2D eigenvalue weighted by Crippen LogP contribution is -2.44. The highest BCUT2D eigenvalue weighted by molar-refractivity contribution is 14.0. The number of halogens is 1. The number of aromatic nitrogens is 1. The number of benzene rings is 1. The third kappa shape index (κ3) is 8.56. The van der Waals surface area contributed by atoms with Crippen molar-refractivity contribution in [2.45, 2.75) is 19.8 Å². The highest BCUT2D eigenvalue weighted by Crippen LogP contribution is 2.19. The molecule has 2 aromatic rings. The molecule has 0 aliphatic carbocycles. The van der Waals surface area contributed by atoms with E-state index in [0.29, 0.717) is 19.0 Å². The Morgan fingerprint density at radius 3 is 2.67 bits per heavy atom. The van der Waals surface area contributed by atoms with Gasteiger partial charge in [0, 0.05) is 45.5 Å². The Labute approximate surface area is 196 Å². The number of nitrogens with one attached hydrogen (secondary N) is 2. The Kier molecular flexibility index (Phi) is 11.8. The van der Waals surface area contributed by atoms with Crippen molar-refractivity contribution >= 4 is 35.8 Å². The zero-order valence-electron chi connectivity index (χ0n) is 18.1. The molecule has 2 rings (SSSR count). The number of pyridine rings is 1. The van der Waals surface area contributed by atoms with Crippen LogP contribution in [0.1, 0.15) is 16.8 Å². The number of ether oxygens (including phenoxy) is 1. The van der Waals surface area contributed by atoms with E-state index >= 15 is 0 Å². The summed E-state index contributed by atoms with van der Waals surface area (Å²) in [6.45, 7) is 3.55. The quantitative estimate of drug-likeness (QED) is 0.299. The van der Waals surface area contributed by atoms with Crippen LogP contribution >= 0.6 is 24.0 Å². The first-order valence-electron chi connectivity index (χ1n) is 9.75. The van der Waals surface area contributed by atoms with Crippen LogP contribution in [-0.4, -0.2) is 62.6 Å². The zero-order chi connectivity index (χ0) is 21.1. The van der Waals surface area contributed by atoms with E-state index in [1.54, 1.807) is 32.3 Å². The van der Waals surface area contributed by atoms with Gasteiger partial charge in [0.05, 0.1) is 13.7 Å². The lowest BCUT2D eigenvalue weighted by Gasteiger charge is -2.18. The minimum Gasteiger partial charge on any atom is -0.496 e. The summed E-state index contributed by atoms with van der Waals surface area (Å²) in [6.07, 6.45) is 3.29. The molecule has 1 aromatic carbocycles. The van der Waals surface area contributed by atoms with E-state index in [1.165, 1.54) is 5.56 Å². The van der Waals surface area contributed by atoms with Crippen LogP contribution in [0.2, 0.25) is 0 Å². The van der Waals surface area contributed by atoms with E-state index in [1.807, 2.05) is 30.3 Å². The number of nitrogens with zero attached hydrogens (tertiary/aromatic N) is 3. The Morgan fingerprint density at radius 2 is 2.00 bits per heavy atom. The van der Waals surface area contributed by atoms with Gasteiger partial charge in [-0.05, 0) is 37.1 Å². The van der Waals surface area contributed by atoms with Gasteiger partial charge in [0.1, 0.15) is 5.75 Å². The van der Waals surface area contributed by atoms with Gasteiger partial charge in [-0.2, -0.15) is 0 Å². The SMILES string of the molecule is CN=C(NCCc1cc(C)ccc1OC)NCC(=O)N(C)CCc1ccccn1.I. The van der Waals surface area contributed by atoms with Crippen LogP contribution < -0.4 is 15.4 Å². The molecule has 2 N–H and O–H groups in total. The standard InChI is InChI=1S/C22H31N5O2.HI/c1-17-8-9-20(29-4)18(15-17)10-13-25-22(23-2)26-16-21(28)27(3)14-11-19-7-5-6-12-24-19;/h5-9,12,15H,10-11,13-14,16H2,1-4H3,(H2,23,25,26);1H. The van der Waals surface area contributed by atoms with Crippen molar-refractivity contribution in [3.05, 3.63) is 59.4 Å². The Bertz CT molecular complexity index is 814. The molecular weight excluding hydrogens is 493 g/mol. The molecule has 1 heterocycles. The highest BCUT2D eigenvalue weighted by Gasteiger charge is 2.10. The molecule has 30 heavy (non-hydrogen) atoms. The van der Waals surface area contributed by atoms with Gasteiger partial charge < -0.3 is 20.3 Å². The van der Waals surface area contributed by atoms with Gasteiger partial charge in [-0.1, -0.05) is 23.8 Å². The summed E-state index contributed by atoms with van der Waals surface area (Å²) in [5, 5.41) is 6.32. The number of carbonyl (C=O) groups is 1. The van der Waals surface area contributed by atoms with E-state index in [9.17, 15) is 4.79 Å². The number of guanidine groups is 1. The van der Waals surface area contributed by atoms with Crippen molar-refractivity contribution in [1.82, 2.24) is 20.5 Å². The molecule has 1 amide bonds. The number of methoxy groups -OCH3 is 1. The van der Waals surface area contributed by atoms with Crippen LogP contribution in [0.15, 0.2) is 47.6 Å². The Hall–Kier alpha value is -2.36. The molecule has 0 radical (unpaired) electrons. The maximum atomic E-state index is 12.3. The van der Waals surface area contributed by atoms with Gasteiger partial charge in [0.2, 0.25) is 5.91 Å². The number of aliphatic imine (C=N–C) groups is 1. The molecule has 0 aliphatic heterocycles. The van der Waals surface area contributed by atoms with Gasteiger partial charge in [-0.25, -0.2) is 0 Å². The average molecular weight is 525 g/mol. The molecule has 0 unspecified atom stereocenters. The maximum absolute atomic E-state index is 12.3. The van der Waals surface area contributed by atoms with E-state index in [-0.39, 0.29) is 36.4 Å². The fourth-order valence-corrected chi connectivity index (χ4v) is 2.89. The molecule has 0 atom stereocenters. The molecule has 0 saturated heterocycles. The van der Waals surface area contributed by atoms with Gasteiger partial charge in [0.25, 0.3) is 0 Å². The smallest absolute Gasteiger partial charge is 0.241 e.